The number of aliphatic carboxylic acids is 1. The molecule has 11 heteroatoms. The minimum absolute atomic E-state index is 0.00185. The summed E-state index contributed by atoms with van der Waals surface area (Å²) in [5.41, 5.74) is 8.51. The number of benzene rings is 3. The average Bonchev–Trinajstić information content (AvgIpc) is 2.91. The highest BCUT2D eigenvalue weighted by atomic mass is 19.1. The Morgan fingerprint density at radius 3 is 2.38 bits per heavy atom. The van der Waals surface area contributed by atoms with Crippen LogP contribution in [-0.4, -0.2) is 41.1 Å². The quantitative estimate of drug-likeness (QED) is 0.135. The second kappa shape index (κ2) is 13.4. The van der Waals surface area contributed by atoms with E-state index in [1.165, 1.54) is 13.2 Å². The van der Waals surface area contributed by atoms with E-state index in [1.807, 2.05) is 13.8 Å². The van der Waals surface area contributed by atoms with Gasteiger partial charge in [-0.1, -0.05) is 6.07 Å². The molecule has 1 amide bonds. The highest BCUT2D eigenvalue weighted by Crippen LogP contribution is 2.31. The number of halogens is 1. The number of nitrogens with one attached hydrogen (secondary N) is 3. The van der Waals surface area contributed by atoms with Crippen LogP contribution in [-0.2, 0) is 24.4 Å². The number of anilines is 2. The molecule has 0 unspecified atom stereocenters. The first-order chi connectivity index (χ1) is 19.0. The van der Waals surface area contributed by atoms with E-state index in [4.69, 9.17) is 20.6 Å². The van der Waals surface area contributed by atoms with Crippen LogP contribution < -0.4 is 25.8 Å². The summed E-state index contributed by atoms with van der Waals surface area (Å²) < 4.78 is 25.7. The zero-order chi connectivity index (χ0) is 29.4. The topological polar surface area (TPSA) is 167 Å². The molecule has 0 atom stereocenters. The number of carboxylic acid groups (broad SMARTS) is 1. The maximum atomic E-state index is 14.7. The minimum atomic E-state index is -0.973. The summed E-state index contributed by atoms with van der Waals surface area (Å²) >= 11 is 0. The van der Waals surface area contributed by atoms with Crippen molar-refractivity contribution in [2.45, 2.75) is 45.9 Å². The summed E-state index contributed by atoms with van der Waals surface area (Å²) in [6, 6.07) is 12.1. The van der Waals surface area contributed by atoms with Crippen molar-refractivity contribution < 1.29 is 33.7 Å². The third-order valence-electron chi connectivity index (χ3n) is 5.95. The Labute approximate surface area is 231 Å². The number of carboxylic acids is 1. The van der Waals surface area contributed by atoms with Crippen molar-refractivity contribution in [3.05, 3.63) is 82.2 Å². The molecule has 40 heavy (non-hydrogen) atoms. The number of nitrogens with two attached hydrogens (primary N) is 1. The molecular weight excluding hydrogens is 519 g/mol. The lowest BCUT2D eigenvalue weighted by molar-refractivity contribution is -0.136. The van der Waals surface area contributed by atoms with Gasteiger partial charge in [0, 0.05) is 30.3 Å². The summed E-state index contributed by atoms with van der Waals surface area (Å²) in [5, 5.41) is 32.5. The van der Waals surface area contributed by atoms with E-state index in [2.05, 4.69) is 10.6 Å². The maximum absolute atomic E-state index is 14.7. The second-order valence-electron chi connectivity index (χ2n) is 9.28. The summed E-state index contributed by atoms with van der Waals surface area (Å²) in [4.78, 5) is 24.5. The van der Waals surface area contributed by atoms with Crippen LogP contribution >= 0.6 is 0 Å². The molecule has 0 saturated heterocycles. The van der Waals surface area contributed by atoms with Crippen molar-refractivity contribution in [2.75, 3.05) is 17.7 Å². The fourth-order valence-electron chi connectivity index (χ4n) is 4.06. The third kappa shape index (κ3) is 7.70. The van der Waals surface area contributed by atoms with Crippen LogP contribution in [0, 0.1) is 11.2 Å². The number of hydrogen-bond acceptors (Lipinski definition) is 7. The van der Waals surface area contributed by atoms with Gasteiger partial charge in [-0.3, -0.25) is 15.0 Å². The van der Waals surface area contributed by atoms with Crippen molar-refractivity contribution in [3.63, 3.8) is 0 Å². The van der Waals surface area contributed by atoms with Gasteiger partial charge in [0.15, 0.2) is 11.6 Å². The van der Waals surface area contributed by atoms with Gasteiger partial charge in [0.05, 0.1) is 31.1 Å². The van der Waals surface area contributed by atoms with Crippen LogP contribution in [0.5, 0.6) is 11.5 Å². The molecule has 0 radical (unpaired) electrons. The first-order valence-electron chi connectivity index (χ1n) is 12.5. The zero-order valence-corrected chi connectivity index (χ0v) is 22.5. The molecule has 3 aromatic carbocycles. The SMILES string of the molecule is COc1cc(NCc2cc(CO)cc(OC(C)C)c2CCC(=O)O)c(C(=O)Nc2ccc(C(=N)N)cc2)cc1F. The molecule has 0 aliphatic rings. The van der Waals surface area contributed by atoms with Crippen molar-refractivity contribution in [3.8, 4) is 11.5 Å². The Balaban J connectivity index is 1.97. The van der Waals surface area contributed by atoms with Crippen LogP contribution in [0.25, 0.3) is 0 Å². The van der Waals surface area contributed by atoms with E-state index in [9.17, 15) is 24.2 Å². The molecule has 0 fully saturated rings. The standard InChI is InChI=1S/C29H33FN4O6/c1-16(2)40-25-11-17(15-35)10-19(21(25)8-9-27(36)37)14-33-24-13-26(39-3)23(30)12-22(24)29(38)34-20-6-4-18(5-7-20)28(31)32/h4-7,10-13,16,33,35H,8-9,14-15H2,1-3H3,(H3,31,32)(H,34,38)(H,36,37). The zero-order valence-electron chi connectivity index (χ0n) is 22.5. The van der Waals surface area contributed by atoms with Crippen LogP contribution in [0.15, 0.2) is 48.5 Å². The number of methoxy groups -OCH3 is 1. The number of ether oxygens (including phenoxy) is 2. The van der Waals surface area contributed by atoms with E-state index in [1.54, 1.807) is 36.4 Å². The van der Waals surface area contributed by atoms with Gasteiger partial charge >= 0.3 is 5.97 Å². The van der Waals surface area contributed by atoms with Gasteiger partial charge in [-0.05, 0) is 73.4 Å². The number of amidine groups is 1. The number of carbonyl (C=O) groups is 2. The third-order valence-corrected chi connectivity index (χ3v) is 5.95. The van der Waals surface area contributed by atoms with Gasteiger partial charge in [-0.2, -0.15) is 0 Å². The molecule has 10 nitrogen and oxygen atoms in total. The van der Waals surface area contributed by atoms with Gasteiger partial charge in [-0.15, -0.1) is 0 Å². The second-order valence-corrected chi connectivity index (χ2v) is 9.28. The van der Waals surface area contributed by atoms with Crippen molar-refractivity contribution in [1.29, 1.82) is 5.41 Å². The molecule has 0 aromatic heterocycles. The minimum Gasteiger partial charge on any atom is -0.494 e. The number of hydrogen-bond donors (Lipinski definition) is 6. The molecule has 212 valence electrons. The lowest BCUT2D eigenvalue weighted by Crippen LogP contribution is -2.17. The van der Waals surface area contributed by atoms with E-state index in [0.717, 1.165) is 6.07 Å². The Hall–Kier alpha value is -4.64. The fraction of sp³-hybridized carbons (Fsp3) is 0.276. The Morgan fingerprint density at radius 2 is 1.80 bits per heavy atom. The summed E-state index contributed by atoms with van der Waals surface area (Å²) in [7, 11) is 1.31. The highest BCUT2D eigenvalue weighted by Gasteiger charge is 2.19. The molecule has 0 bridgehead atoms. The van der Waals surface area contributed by atoms with Crippen LogP contribution in [0.1, 0.15) is 52.9 Å². The maximum Gasteiger partial charge on any atom is 0.303 e. The van der Waals surface area contributed by atoms with Crippen molar-refractivity contribution in [2.24, 2.45) is 5.73 Å². The molecule has 0 aliphatic heterocycles. The number of aliphatic hydroxyl groups is 1. The molecule has 7 N–H and O–H groups in total. The first kappa shape index (κ1) is 29.9. The Morgan fingerprint density at radius 1 is 1.10 bits per heavy atom. The van der Waals surface area contributed by atoms with Crippen LogP contribution in [0.3, 0.4) is 0 Å². The molecule has 0 aliphatic carbocycles. The number of nitrogen functional groups attached to an aromatic ring is 1. The number of rotatable bonds is 13. The molecule has 0 spiro atoms. The van der Waals surface area contributed by atoms with Gasteiger partial charge in [0.25, 0.3) is 5.91 Å². The van der Waals surface area contributed by atoms with Gasteiger partial charge in [0.2, 0.25) is 0 Å². The van der Waals surface area contributed by atoms with Crippen LogP contribution in [0.2, 0.25) is 0 Å². The summed E-state index contributed by atoms with van der Waals surface area (Å²) in [6.45, 7) is 3.53. The van der Waals surface area contributed by atoms with Gasteiger partial charge < -0.3 is 36.1 Å². The summed E-state index contributed by atoms with van der Waals surface area (Å²) in [5.74, 6) is -2.04. The van der Waals surface area contributed by atoms with Crippen molar-refractivity contribution in [1.82, 2.24) is 0 Å². The number of amides is 1. The van der Waals surface area contributed by atoms with E-state index in [0.29, 0.717) is 33.7 Å². The first-order valence-corrected chi connectivity index (χ1v) is 12.5. The number of carbonyl (C=O) groups excluding carboxylic acids is 1. The fourth-order valence-corrected chi connectivity index (χ4v) is 4.06. The molecule has 3 aromatic rings. The van der Waals surface area contributed by atoms with Crippen LogP contribution in [0.4, 0.5) is 15.8 Å². The lowest BCUT2D eigenvalue weighted by atomic mass is 9.98. The Bertz CT molecular complexity index is 1390. The van der Waals surface area contributed by atoms with Gasteiger partial charge in [0.1, 0.15) is 11.6 Å². The average molecular weight is 553 g/mol. The normalized spacial score (nSPS) is 10.8. The lowest BCUT2D eigenvalue weighted by Gasteiger charge is -2.20. The van der Waals surface area contributed by atoms with E-state index in [-0.39, 0.29) is 54.9 Å². The van der Waals surface area contributed by atoms with Crippen molar-refractivity contribution >= 4 is 29.1 Å². The molecule has 3 rings (SSSR count). The highest BCUT2D eigenvalue weighted by molar-refractivity contribution is 6.08. The molecule has 0 saturated carbocycles. The summed E-state index contributed by atoms with van der Waals surface area (Å²) in [6.07, 6.45) is -0.156. The van der Waals surface area contributed by atoms with Gasteiger partial charge in [-0.25, -0.2) is 4.39 Å². The number of aliphatic hydroxyl groups excluding tert-OH is 1. The Kier molecular flexibility index (Phi) is 10.0. The molecular formula is C29H33FN4O6. The van der Waals surface area contributed by atoms with E-state index < -0.39 is 17.7 Å². The smallest absolute Gasteiger partial charge is 0.303 e. The molecule has 0 heterocycles. The largest absolute Gasteiger partial charge is 0.494 e. The predicted molar refractivity (Wildman–Crippen MR) is 150 cm³/mol. The predicted octanol–water partition coefficient (Wildman–Crippen LogP) is 4.28. The monoisotopic (exact) mass is 552 g/mol. The van der Waals surface area contributed by atoms with E-state index >= 15 is 0 Å².